The highest BCUT2D eigenvalue weighted by Crippen LogP contribution is 2.48. The van der Waals surface area contributed by atoms with Crippen LogP contribution in [0.25, 0.3) is 0 Å². The Morgan fingerprint density at radius 1 is 1.10 bits per heavy atom. The van der Waals surface area contributed by atoms with E-state index in [2.05, 4.69) is 4.84 Å². The number of hydrogen-bond donors (Lipinski definition) is 0. The summed E-state index contributed by atoms with van der Waals surface area (Å²) < 4.78 is 22.6. The van der Waals surface area contributed by atoms with E-state index in [-0.39, 0.29) is 26.1 Å². The van der Waals surface area contributed by atoms with Gasteiger partial charge in [-0.15, -0.1) is 5.06 Å². The lowest BCUT2D eigenvalue weighted by atomic mass is 10.4. The smallest absolute Gasteiger partial charge is 0.330 e. The Bertz CT molecular complexity index is 423. The number of carbonyl (C=O) groups excluding carboxylic acids is 3. The molecule has 0 N–H and O–H groups in total. The first-order chi connectivity index (χ1) is 9.91. The first-order valence-electron chi connectivity index (χ1n) is 6.86. The quantitative estimate of drug-likeness (QED) is 0.470. The minimum absolute atomic E-state index is 0.00242. The summed E-state index contributed by atoms with van der Waals surface area (Å²) in [6, 6.07) is 0. The Hall–Kier alpha value is -1.24. The summed E-state index contributed by atoms with van der Waals surface area (Å²) in [4.78, 5) is 39.0. The van der Waals surface area contributed by atoms with Crippen LogP contribution in [0.3, 0.4) is 0 Å². The van der Waals surface area contributed by atoms with Gasteiger partial charge in [0.2, 0.25) is 0 Å². The summed E-state index contributed by atoms with van der Waals surface area (Å²) in [5.41, 5.74) is 0. The maximum absolute atomic E-state index is 12.3. The zero-order valence-corrected chi connectivity index (χ0v) is 13.1. The molecule has 8 nitrogen and oxygen atoms in total. The van der Waals surface area contributed by atoms with Crippen LogP contribution in [0.15, 0.2) is 0 Å². The largest absolute Gasteiger partial charge is 0.345 e. The van der Waals surface area contributed by atoms with Crippen LogP contribution in [-0.4, -0.2) is 42.2 Å². The summed E-state index contributed by atoms with van der Waals surface area (Å²) in [6.07, 6.45) is 0.587. The molecule has 1 saturated heterocycles. The second-order valence-electron chi connectivity index (χ2n) is 4.48. The van der Waals surface area contributed by atoms with E-state index in [1.54, 1.807) is 0 Å². The van der Waals surface area contributed by atoms with Gasteiger partial charge in [-0.25, -0.2) is 4.79 Å². The summed E-state index contributed by atoms with van der Waals surface area (Å²) in [7, 11) is -3.63. The highest BCUT2D eigenvalue weighted by atomic mass is 31.2. The molecular formula is C12H20NO7P. The van der Waals surface area contributed by atoms with Gasteiger partial charge in [0.25, 0.3) is 11.8 Å². The van der Waals surface area contributed by atoms with E-state index in [0.717, 1.165) is 0 Å². The molecule has 1 fully saturated rings. The molecule has 0 aromatic carbocycles. The number of imide groups is 1. The number of hydroxylamine groups is 2. The topological polar surface area (TPSA) is 99.2 Å². The molecule has 2 amide bonds. The van der Waals surface area contributed by atoms with Crippen molar-refractivity contribution in [2.24, 2.45) is 0 Å². The van der Waals surface area contributed by atoms with E-state index in [4.69, 9.17) is 9.05 Å². The number of amides is 2. The average molecular weight is 321 g/mol. The molecule has 9 heteroatoms. The molecule has 1 heterocycles. The van der Waals surface area contributed by atoms with E-state index in [1.807, 2.05) is 13.8 Å². The van der Waals surface area contributed by atoms with E-state index in [0.29, 0.717) is 17.9 Å². The van der Waals surface area contributed by atoms with E-state index in [9.17, 15) is 18.9 Å². The van der Waals surface area contributed by atoms with Crippen LogP contribution < -0.4 is 0 Å². The first-order valence-corrected chi connectivity index (χ1v) is 8.59. The van der Waals surface area contributed by atoms with Gasteiger partial charge in [0.05, 0.1) is 13.2 Å². The van der Waals surface area contributed by atoms with Crippen LogP contribution in [0.4, 0.5) is 0 Å². The molecule has 0 unspecified atom stereocenters. The molecule has 0 aromatic rings. The van der Waals surface area contributed by atoms with Crippen molar-refractivity contribution in [3.05, 3.63) is 0 Å². The van der Waals surface area contributed by atoms with E-state index in [1.165, 1.54) is 0 Å². The molecular weight excluding hydrogens is 301 g/mol. The Labute approximate surface area is 123 Å². The van der Waals surface area contributed by atoms with Crippen molar-refractivity contribution >= 4 is 25.4 Å². The number of nitrogens with zero attached hydrogens (tertiary/aromatic N) is 1. The highest BCUT2D eigenvalue weighted by Gasteiger charge is 2.36. The molecule has 1 aliphatic heterocycles. The van der Waals surface area contributed by atoms with Crippen molar-refractivity contribution < 1.29 is 32.8 Å². The molecule has 1 aliphatic rings. The molecule has 0 aromatic heterocycles. The monoisotopic (exact) mass is 321 g/mol. The van der Waals surface area contributed by atoms with Crippen molar-refractivity contribution in [1.82, 2.24) is 5.06 Å². The van der Waals surface area contributed by atoms with Crippen LogP contribution in [0.2, 0.25) is 0 Å². The summed E-state index contributed by atoms with van der Waals surface area (Å²) in [5.74, 6) is -2.17. The van der Waals surface area contributed by atoms with Crippen molar-refractivity contribution in [2.45, 2.75) is 39.5 Å². The average Bonchev–Trinajstić information content (AvgIpc) is 2.75. The van der Waals surface area contributed by atoms with Gasteiger partial charge in [-0.3, -0.25) is 14.2 Å². The second kappa shape index (κ2) is 8.26. The fourth-order valence-corrected chi connectivity index (χ4v) is 3.09. The fourth-order valence-electron chi connectivity index (χ4n) is 1.54. The molecule has 0 spiro atoms. The zero-order valence-electron chi connectivity index (χ0n) is 12.2. The number of rotatable bonds is 9. The molecule has 0 radical (unpaired) electrons. The predicted molar refractivity (Wildman–Crippen MR) is 72.1 cm³/mol. The lowest BCUT2D eigenvalue weighted by molar-refractivity contribution is -0.195. The Morgan fingerprint density at radius 2 is 1.57 bits per heavy atom. The van der Waals surface area contributed by atoms with Crippen molar-refractivity contribution in [3.8, 4) is 0 Å². The fraction of sp³-hybridized carbons (Fsp3) is 0.750. The summed E-state index contributed by atoms with van der Waals surface area (Å²) >= 11 is 0. The summed E-state index contributed by atoms with van der Waals surface area (Å²) in [6.45, 7) is 4.00. The van der Waals surface area contributed by atoms with Crippen LogP contribution >= 0.6 is 7.60 Å². The third-order valence-corrected chi connectivity index (χ3v) is 4.30. The highest BCUT2D eigenvalue weighted by molar-refractivity contribution is 7.54. The normalized spacial score (nSPS) is 15.6. The third-order valence-electron chi connectivity index (χ3n) is 2.51. The SMILES string of the molecule is CCCOP(=O)(CC(=O)ON1C(=O)CCC1=O)OCCC. The zero-order chi connectivity index (χ0) is 15.9. The van der Waals surface area contributed by atoms with Gasteiger partial charge in [-0.1, -0.05) is 13.8 Å². The van der Waals surface area contributed by atoms with Crippen molar-refractivity contribution in [2.75, 3.05) is 19.4 Å². The molecule has 0 aliphatic carbocycles. The molecule has 0 saturated carbocycles. The first kappa shape index (κ1) is 17.8. The lowest BCUT2D eigenvalue weighted by Gasteiger charge is -2.18. The predicted octanol–water partition coefficient (Wildman–Crippen LogP) is 1.64. The van der Waals surface area contributed by atoms with Gasteiger partial charge < -0.3 is 13.9 Å². The lowest BCUT2D eigenvalue weighted by Crippen LogP contribution is -2.33. The summed E-state index contributed by atoms with van der Waals surface area (Å²) in [5, 5.41) is 0.409. The minimum Gasteiger partial charge on any atom is -0.330 e. The van der Waals surface area contributed by atoms with Gasteiger partial charge in [0.1, 0.15) is 0 Å². The molecule has 0 bridgehead atoms. The van der Waals surface area contributed by atoms with Gasteiger partial charge in [-0.05, 0) is 12.8 Å². The van der Waals surface area contributed by atoms with Crippen LogP contribution in [-0.2, 0) is 32.8 Å². The van der Waals surface area contributed by atoms with Gasteiger partial charge in [0.15, 0.2) is 6.16 Å². The van der Waals surface area contributed by atoms with E-state index >= 15 is 0 Å². The Balaban J connectivity index is 2.60. The molecule has 1 rings (SSSR count). The minimum atomic E-state index is -3.63. The second-order valence-corrected chi connectivity index (χ2v) is 6.54. The van der Waals surface area contributed by atoms with Crippen molar-refractivity contribution in [3.63, 3.8) is 0 Å². The maximum Gasteiger partial charge on any atom is 0.345 e. The van der Waals surface area contributed by atoms with Gasteiger partial charge in [0, 0.05) is 12.8 Å². The van der Waals surface area contributed by atoms with E-state index < -0.39 is 31.5 Å². The maximum atomic E-state index is 12.3. The Kier molecular flexibility index (Phi) is 7.01. The third kappa shape index (κ3) is 5.57. The van der Waals surface area contributed by atoms with Crippen LogP contribution in [0, 0.1) is 0 Å². The molecule has 120 valence electrons. The number of hydrogen-bond acceptors (Lipinski definition) is 7. The number of carbonyl (C=O) groups is 3. The molecule has 21 heavy (non-hydrogen) atoms. The van der Waals surface area contributed by atoms with Crippen LogP contribution in [0.1, 0.15) is 39.5 Å². The van der Waals surface area contributed by atoms with Crippen molar-refractivity contribution in [1.29, 1.82) is 0 Å². The molecule has 0 atom stereocenters. The van der Waals surface area contributed by atoms with Crippen LogP contribution in [0.5, 0.6) is 0 Å². The van der Waals surface area contributed by atoms with Gasteiger partial charge in [-0.2, -0.15) is 0 Å². The standard InChI is InChI=1S/C12H20NO7P/c1-3-7-18-21(17,19-8-4-2)9-12(16)20-13-10(14)5-6-11(13)15/h3-9H2,1-2H3. The Morgan fingerprint density at radius 3 is 2.00 bits per heavy atom. The van der Waals surface area contributed by atoms with Gasteiger partial charge >= 0.3 is 13.6 Å².